The summed E-state index contributed by atoms with van der Waals surface area (Å²) in [4.78, 5) is 13.4. The molecule has 0 fully saturated rings. The molecule has 2 N–H and O–H groups in total. The number of nitrogens with zero attached hydrogens (tertiary/aromatic N) is 3. The first kappa shape index (κ1) is 13.2. The van der Waals surface area contributed by atoms with E-state index in [1.807, 2.05) is 26.2 Å². The van der Waals surface area contributed by atoms with Crippen LogP contribution in [0.5, 0.6) is 0 Å². The van der Waals surface area contributed by atoms with Crippen LogP contribution in [0.3, 0.4) is 0 Å². The van der Waals surface area contributed by atoms with Gasteiger partial charge in [0.2, 0.25) is 5.91 Å². The molecule has 20 heavy (non-hydrogen) atoms. The quantitative estimate of drug-likeness (QED) is 0.870. The summed E-state index contributed by atoms with van der Waals surface area (Å²) in [5.41, 5.74) is 9.98. The molecule has 0 unspecified atom stereocenters. The van der Waals surface area contributed by atoms with Gasteiger partial charge in [-0.1, -0.05) is 6.07 Å². The van der Waals surface area contributed by atoms with Gasteiger partial charge in [-0.2, -0.15) is 5.10 Å². The number of aromatic nitrogens is 2. The smallest absolute Gasteiger partial charge is 0.227 e. The molecule has 0 saturated heterocycles. The number of aryl methyl sites for hydroxylation is 2. The van der Waals surface area contributed by atoms with Gasteiger partial charge in [0.15, 0.2) is 5.82 Å². The number of anilines is 2. The van der Waals surface area contributed by atoms with Crippen LogP contribution in [0.2, 0.25) is 0 Å². The maximum absolute atomic E-state index is 11.7. The molecular weight excluding hydrogens is 320 g/mol. The van der Waals surface area contributed by atoms with E-state index in [0.29, 0.717) is 12.2 Å². The summed E-state index contributed by atoms with van der Waals surface area (Å²) in [7, 11) is 3.68. The lowest BCUT2D eigenvalue weighted by molar-refractivity contribution is -0.118. The third kappa shape index (κ3) is 1.91. The largest absolute Gasteiger partial charge is 0.381 e. The molecule has 104 valence electrons. The summed E-state index contributed by atoms with van der Waals surface area (Å²) in [6, 6.07) is 6.09. The van der Waals surface area contributed by atoms with Crippen LogP contribution in [0, 0.1) is 0 Å². The number of nitrogen functional groups attached to an aromatic ring is 1. The van der Waals surface area contributed by atoms with Crippen molar-refractivity contribution < 1.29 is 4.79 Å². The third-order valence-corrected chi connectivity index (χ3v) is 4.49. The van der Waals surface area contributed by atoms with Gasteiger partial charge in [0, 0.05) is 31.8 Å². The minimum Gasteiger partial charge on any atom is -0.381 e. The molecule has 1 aliphatic rings. The standard InChI is InChI=1S/C14H15BrN4O/c1-18-10-5-3-9(7-8(10)4-6-11(18)20)13-12(15)14(16)17-19(13)2/h3,5,7H,4,6H2,1-2H3,(H2,16,17). The Bertz CT molecular complexity index is 707. The number of nitrogens with two attached hydrogens (primary N) is 1. The van der Waals surface area contributed by atoms with E-state index in [4.69, 9.17) is 5.73 Å². The molecule has 0 spiro atoms. The highest BCUT2D eigenvalue weighted by Gasteiger charge is 2.22. The number of hydrogen-bond acceptors (Lipinski definition) is 3. The van der Waals surface area contributed by atoms with Crippen molar-refractivity contribution in [3.8, 4) is 11.3 Å². The van der Waals surface area contributed by atoms with Gasteiger partial charge in [-0.3, -0.25) is 9.48 Å². The van der Waals surface area contributed by atoms with E-state index in [9.17, 15) is 4.79 Å². The zero-order valence-corrected chi connectivity index (χ0v) is 12.9. The molecule has 3 rings (SSSR count). The number of halogens is 1. The second kappa shape index (κ2) is 4.63. The van der Waals surface area contributed by atoms with E-state index in [1.54, 1.807) is 9.58 Å². The molecule has 1 aliphatic heterocycles. The molecule has 2 aromatic rings. The Morgan fingerprint density at radius 1 is 1.30 bits per heavy atom. The number of hydrogen-bond donors (Lipinski definition) is 1. The maximum Gasteiger partial charge on any atom is 0.227 e. The molecule has 0 saturated carbocycles. The molecule has 0 bridgehead atoms. The topological polar surface area (TPSA) is 64.2 Å². The van der Waals surface area contributed by atoms with Gasteiger partial charge < -0.3 is 10.6 Å². The Hall–Kier alpha value is -1.82. The monoisotopic (exact) mass is 334 g/mol. The molecule has 0 aliphatic carbocycles. The maximum atomic E-state index is 11.7. The van der Waals surface area contributed by atoms with Crippen molar-refractivity contribution >= 4 is 33.3 Å². The highest BCUT2D eigenvalue weighted by molar-refractivity contribution is 9.10. The predicted molar refractivity (Wildman–Crippen MR) is 82.5 cm³/mol. The summed E-state index contributed by atoms with van der Waals surface area (Å²) in [5.74, 6) is 0.642. The van der Waals surface area contributed by atoms with Crippen LogP contribution < -0.4 is 10.6 Å². The minimum atomic E-state index is 0.163. The van der Waals surface area contributed by atoms with E-state index in [1.165, 1.54) is 5.56 Å². The Labute approximate surface area is 125 Å². The van der Waals surface area contributed by atoms with Crippen molar-refractivity contribution in [1.82, 2.24) is 9.78 Å². The molecular formula is C14H15BrN4O. The van der Waals surface area contributed by atoms with Crippen LogP contribution in [-0.2, 0) is 18.3 Å². The van der Waals surface area contributed by atoms with Crippen molar-refractivity contribution in [2.45, 2.75) is 12.8 Å². The van der Waals surface area contributed by atoms with Crippen molar-refractivity contribution in [3.05, 3.63) is 28.2 Å². The number of benzene rings is 1. The van der Waals surface area contributed by atoms with Crippen LogP contribution >= 0.6 is 15.9 Å². The van der Waals surface area contributed by atoms with Crippen LogP contribution in [-0.4, -0.2) is 22.7 Å². The SMILES string of the molecule is CN1C(=O)CCc2cc(-c3c(Br)c(N)nn3C)ccc21. The molecule has 0 atom stereocenters. The minimum absolute atomic E-state index is 0.163. The highest BCUT2D eigenvalue weighted by Crippen LogP contribution is 2.36. The van der Waals surface area contributed by atoms with Gasteiger partial charge in [-0.15, -0.1) is 0 Å². The van der Waals surface area contributed by atoms with E-state index in [-0.39, 0.29) is 5.91 Å². The van der Waals surface area contributed by atoms with Gasteiger partial charge in [0.05, 0.1) is 10.2 Å². The van der Waals surface area contributed by atoms with E-state index < -0.39 is 0 Å². The van der Waals surface area contributed by atoms with E-state index >= 15 is 0 Å². The van der Waals surface area contributed by atoms with Crippen LogP contribution in [0.1, 0.15) is 12.0 Å². The van der Waals surface area contributed by atoms with Crippen LogP contribution in [0.25, 0.3) is 11.3 Å². The summed E-state index contributed by atoms with van der Waals surface area (Å²) in [6.07, 6.45) is 1.33. The number of carbonyl (C=O) groups is 1. The average molecular weight is 335 g/mol. The van der Waals surface area contributed by atoms with Gasteiger partial charge >= 0.3 is 0 Å². The lowest BCUT2D eigenvalue weighted by Gasteiger charge is -2.26. The van der Waals surface area contributed by atoms with E-state index in [0.717, 1.165) is 27.8 Å². The summed E-state index contributed by atoms with van der Waals surface area (Å²) in [6.45, 7) is 0. The third-order valence-electron chi connectivity index (χ3n) is 3.71. The number of rotatable bonds is 1. The van der Waals surface area contributed by atoms with Crippen molar-refractivity contribution in [1.29, 1.82) is 0 Å². The first-order valence-electron chi connectivity index (χ1n) is 6.37. The number of amides is 1. The molecule has 5 nitrogen and oxygen atoms in total. The van der Waals surface area contributed by atoms with Crippen LogP contribution in [0.15, 0.2) is 22.7 Å². The molecule has 2 heterocycles. The predicted octanol–water partition coefficient (Wildman–Crippen LogP) is 2.34. The molecule has 0 radical (unpaired) electrons. The van der Waals surface area contributed by atoms with Crippen LogP contribution in [0.4, 0.5) is 11.5 Å². The fourth-order valence-electron chi connectivity index (χ4n) is 2.64. The van der Waals surface area contributed by atoms with Gasteiger partial charge in [0.1, 0.15) is 0 Å². The second-order valence-corrected chi connectivity index (χ2v) is 5.76. The summed E-state index contributed by atoms with van der Waals surface area (Å²) < 4.78 is 2.57. The molecule has 6 heteroatoms. The summed E-state index contributed by atoms with van der Waals surface area (Å²) in [5, 5.41) is 4.21. The number of carbonyl (C=O) groups excluding carboxylic acids is 1. The van der Waals surface area contributed by atoms with Crippen molar-refractivity contribution in [2.24, 2.45) is 7.05 Å². The Kier molecular flexibility index (Phi) is 3.05. The molecule has 1 amide bonds. The first-order chi connectivity index (χ1) is 9.49. The van der Waals surface area contributed by atoms with Gasteiger partial charge in [-0.25, -0.2) is 0 Å². The average Bonchev–Trinajstić information content (AvgIpc) is 2.67. The first-order valence-corrected chi connectivity index (χ1v) is 7.16. The normalized spacial score (nSPS) is 14.6. The lowest BCUT2D eigenvalue weighted by Crippen LogP contribution is -2.31. The Morgan fingerprint density at radius 3 is 2.70 bits per heavy atom. The molecule has 1 aromatic carbocycles. The van der Waals surface area contributed by atoms with Crippen molar-refractivity contribution in [3.63, 3.8) is 0 Å². The Balaban J connectivity index is 2.12. The zero-order valence-electron chi connectivity index (χ0n) is 11.4. The fourth-order valence-corrected chi connectivity index (χ4v) is 3.20. The second-order valence-electron chi connectivity index (χ2n) is 4.97. The highest BCUT2D eigenvalue weighted by atomic mass is 79.9. The van der Waals surface area contributed by atoms with Crippen molar-refractivity contribution in [2.75, 3.05) is 17.7 Å². The van der Waals surface area contributed by atoms with Gasteiger partial charge in [-0.05, 0) is 40.0 Å². The lowest BCUT2D eigenvalue weighted by atomic mass is 9.98. The molecule has 1 aromatic heterocycles. The number of fused-ring (bicyclic) bond motifs is 1. The van der Waals surface area contributed by atoms with Gasteiger partial charge in [0.25, 0.3) is 0 Å². The Morgan fingerprint density at radius 2 is 2.05 bits per heavy atom. The summed E-state index contributed by atoms with van der Waals surface area (Å²) >= 11 is 3.48. The zero-order chi connectivity index (χ0) is 14.4. The van der Waals surface area contributed by atoms with E-state index in [2.05, 4.69) is 27.1 Å². The fraction of sp³-hybridized carbons (Fsp3) is 0.286.